The van der Waals surface area contributed by atoms with Gasteiger partial charge in [0, 0.05) is 28.3 Å². The quantitative estimate of drug-likeness (QED) is 0.728. The molecule has 0 amide bonds. The molecule has 94 valence electrons. The topological polar surface area (TPSA) is 34.9 Å². The Morgan fingerprint density at radius 2 is 2.05 bits per heavy atom. The Kier molecular flexibility index (Phi) is 3.17. The van der Waals surface area contributed by atoms with Gasteiger partial charge in [-0.2, -0.15) is 0 Å². The van der Waals surface area contributed by atoms with Crippen LogP contribution in [0.1, 0.15) is 5.56 Å². The van der Waals surface area contributed by atoms with Gasteiger partial charge in [0.05, 0.1) is 12.1 Å². The highest BCUT2D eigenvalue weighted by Gasteiger charge is 2.01. The molecule has 0 aliphatic carbocycles. The van der Waals surface area contributed by atoms with Crippen molar-refractivity contribution >= 4 is 26.8 Å². The van der Waals surface area contributed by atoms with Crippen molar-refractivity contribution in [3.63, 3.8) is 0 Å². The molecule has 4 heteroatoms. The first-order chi connectivity index (χ1) is 9.22. The third-order valence-electron chi connectivity index (χ3n) is 2.97. The van der Waals surface area contributed by atoms with E-state index in [1.165, 1.54) is 0 Å². The van der Waals surface area contributed by atoms with Crippen molar-refractivity contribution in [2.24, 2.45) is 0 Å². The fraction of sp³-hybridized carbons (Fsp3) is 0.0667. The smallest absolute Gasteiger partial charge is 0.250 e. The third kappa shape index (κ3) is 2.58. The Morgan fingerprint density at radius 3 is 2.95 bits per heavy atom. The fourth-order valence-electron chi connectivity index (χ4n) is 2.05. The van der Waals surface area contributed by atoms with Crippen LogP contribution >= 0.6 is 15.9 Å². The van der Waals surface area contributed by atoms with E-state index in [1.807, 2.05) is 24.3 Å². The van der Waals surface area contributed by atoms with Crippen molar-refractivity contribution in [2.45, 2.75) is 6.54 Å². The van der Waals surface area contributed by atoms with Crippen LogP contribution in [0.5, 0.6) is 0 Å². The molecule has 3 aromatic rings. The molecule has 0 radical (unpaired) electrons. The van der Waals surface area contributed by atoms with Crippen LogP contribution in [0.3, 0.4) is 0 Å². The van der Waals surface area contributed by atoms with Gasteiger partial charge in [-0.3, -0.25) is 9.78 Å². The predicted octanol–water partition coefficient (Wildman–Crippen LogP) is 3.21. The normalized spacial score (nSPS) is 10.8. The largest absolute Gasteiger partial charge is 0.310 e. The van der Waals surface area contributed by atoms with Crippen LogP contribution in [0.2, 0.25) is 0 Å². The van der Waals surface area contributed by atoms with Gasteiger partial charge >= 0.3 is 0 Å². The summed E-state index contributed by atoms with van der Waals surface area (Å²) in [7, 11) is 0. The first-order valence-corrected chi connectivity index (χ1v) is 6.71. The SMILES string of the molecule is O=c1ccc(Br)cn1Cc1ccc2ncccc2c1. The van der Waals surface area contributed by atoms with Crippen molar-refractivity contribution in [2.75, 3.05) is 0 Å². The molecule has 3 nitrogen and oxygen atoms in total. The maximum atomic E-state index is 11.8. The Bertz CT molecular complexity index is 795. The molecule has 0 fully saturated rings. The molecule has 3 rings (SSSR count). The zero-order chi connectivity index (χ0) is 13.2. The van der Waals surface area contributed by atoms with E-state index in [0.29, 0.717) is 6.54 Å². The molecule has 0 N–H and O–H groups in total. The number of halogens is 1. The minimum atomic E-state index is -0.00511. The van der Waals surface area contributed by atoms with Crippen LogP contribution in [0.15, 0.2) is 64.1 Å². The summed E-state index contributed by atoms with van der Waals surface area (Å²) in [4.78, 5) is 16.1. The summed E-state index contributed by atoms with van der Waals surface area (Å²) in [5.74, 6) is 0. The van der Waals surface area contributed by atoms with Gasteiger partial charge in [-0.15, -0.1) is 0 Å². The lowest BCUT2D eigenvalue weighted by Gasteiger charge is -2.07. The van der Waals surface area contributed by atoms with Gasteiger partial charge in [0.1, 0.15) is 0 Å². The number of hydrogen-bond acceptors (Lipinski definition) is 2. The van der Waals surface area contributed by atoms with Gasteiger partial charge in [0.15, 0.2) is 0 Å². The van der Waals surface area contributed by atoms with E-state index in [1.54, 1.807) is 29.1 Å². The number of hydrogen-bond donors (Lipinski definition) is 0. The lowest BCUT2D eigenvalue weighted by Crippen LogP contribution is -2.18. The van der Waals surface area contributed by atoms with Crippen molar-refractivity contribution in [1.29, 1.82) is 0 Å². The molecule has 0 unspecified atom stereocenters. The number of aromatic nitrogens is 2. The molecule has 0 aliphatic heterocycles. The number of pyridine rings is 2. The Morgan fingerprint density at radius 1 is 1.16 bits per heavy atom. The van der Waals surface area contributed by atoms with E-state index in [4.69, 9.17) is 0 Å². The van der Waals surface area contributed by atoms with E-state index < -0.39 is 0 Å². The summed E-state index contributed by atoms with van der Waals surface area (Å²) in [6, 6.07) is 13.3. The van der Waals surface area contributed by atoms with E-state index in [-0.39, 0.29) is 5.56 Å². The Balaban J connectivity index is 2.01. The summed E-state index contributed by atoms with van der Waals surface area (Å²) in [6.07, 6.45) is 3.58. The van der Waals surface area contributed by atoms with E-state index >= 15 is 0 Å². The lowest BCUT2D eigenvalue weighted by atomic mass is 10.1. The zero-order valence-electron chi connectivity index (χ0n) is 10.1. The van der Waals surface area contributed by atoms with Gasteiger partial charge in [0.25, 0.3) is 5.56 Å². The van der Waals surface area contributed by atoms with E-state index in [9.17, 15) is 4.79 Å². The highest BCUT2D eigenvalue weighted by atomic mass is 79.9. The summed E-state index contributed by atoms with van der Waals surface area (Å²) in [5.41, 5.74) is 2.04. The summed E-state index contributed by atoms with van der Waals surface area (Å²) >= 11 is 3.38. The van der Waals surface area contributed by atoms with Crippen molar-refractivity contribution in [3.05, 3.63) is 75.2 Å². The van der Waals surface area contributed by atoms with Crippen LogP contribution in [-0.4, -0.2) is 9.55 Å². The van der Waals surface area contributed by atoms with E-state index in [2.05, 4.69) is 27.0 Å². The standard InChI is InChI=1S/C15H11BrN2O/c16-13-4-6-15(19)18(10-13)9-11-3-5-14-12(8-11)2-1-7-17-14/h1-8,10H,9H2. The second-order valence-electron chi connectivity index (χ2n) is 4.34. The number of fused-ring (bicyclic) bond motifs is 1. The molecule has 0 spiro atoms. The summed E-state index contributed by atoms with van der Waals surface area (Å²) in [6.45, 7) is 0.559. The molecule has 19 heavy (non-hydrogen) atoms. The number of benzene rings is 1. The Hall–Kier alpha value is -1.94. The average Bonchev–Trinajstić information content (AvgIpc) is 2.43. The molecular weight excluding hydrogens is 304 g/mol. The highest BCUT2D eigenvalue weighted by molar-refractivity contribution is 9.10. The minimum absolute atomic E-state index is 0.00511. The third-order valence-corrected chi connectivity index (χ3v) is 3.44. The fourth-order valence-corrected chi connectivity index (χ4v) is 2.43. The van der Waals surface area contributed by atoms with Crippen LogP contribution < -0.4 is 5.56 Å². The molecule has 0 atom stereocenters. The van der Waals surface area contributed by atoms with Gasteiger partial charge in [-0.25, -0.2) is 0 Å². The van der Waals surface area contributed by atoms with Crippen molar-refractivity contribution in [1.82, 2.24) is 9.55 Å². The maximum absolute atomic E-state index is 11.8. The summed E-state index contributed by atoms with van der Waals surface area (Å²) < 4.78 is 2.58. The average molecular weight is 315 g/mol. The zero-order valence-corrected chi connectivity index (χ0v) is 11.7. The first-order valence-electron chi connectivity index (χ1n) is 5.92. The van der Waals surface area contributed by atoms with Crippen LogP contribution in [-0.2, 0) is 6.54 Å². The van der Waals surface area contributed by atoms with Crippen molar-refractivity contribution < 1.29 is 0 Å². The Labute approximate surface area is 118 Å². The van der Waals surface area contributed by atoms with Gasteiger partial charge < -0.3 is 4.57 Å². The second kappa shape index (κ2) is 4.97. The molecule has 0 saturated carbocycles. The second-order valence-corrected chi connectivity index (χ2v) is 5.26. The lowest BCUT2D eigenvalue weighted by molar-refractivity contribution is 0.757. The van der Waals surface area contributed by atoms with Crippen LogP contribution in [0.25, 0.3) is 10.9 Å². The van der Waals surface area contributed by atoms with Gasteiger partial charge in [0.2, 0.25) is 0 Å². The monoisotopic (exact) mass is 314 g/mol. The van der Waals surface area contributed by atoms with Gasteiger partial charge in [-0.1, -0.05) is 12.1 Å². The number of nitrogens with zero attached hydrogens (tertiary/aromatic N) is 2. The van der Waals surface area contributed by atoms with Crippen LogP contribution in [0, 0.1) is 0 Å². The van der Waals surface area contributed by atoms with Crippen LogP contribution in [0.4, 0.5) is 0 Å². The molecule has 0 saturated heterocycles. The molecular formula is C15H11BrN2O. The van der Waals surface area contributed by atoms with E-state index in [0.717, 1.165) is 20.9 Å². The maximum Gasteiger partial charge on any atom is 0.250 e. The molecule has 0 bridgehead atoms. The van der Waals surface area contributed by atoms with Gasteiger partial charge in [-0.05, 0) is 45.8 Å². The predicted molar refractivity (Wildman–Crippen MR) is 79.2 cm³/mol. The molecule has 2 heterocycles. The molecule has 0 aliphatic rings. The molecule has 1 aromatic carbocycles. The number of rotatable bonds is 2. The first kappa shape index (κ1) is 12.1. The summed E-state index contributed by atoms with van der Waals surface area (Å²) in [5, 5.41) is 1.09. The minimum Gasteiger partial charge on any atom is -0.310 e. The highest BCUT2D eigenvalue weighted by Crippen LogP contribution is 2.14. The molecule has 2 aromatic heterocycles. The van der Waals surface area contributed by atoms with Crippen molar-refractivity contribution in [3.8, 4) is 0 Å².